The first-order valence-electron chi connectivity index (χ1n) is 14.4. The van der Waals surface area contributed by atoms with Gasteiger partial charge in [0.25, 0.3) is 0 Å². The zero-order valence-electron chi connectivity index (χ0n) is 23.9. The number of furan rings is 1. The third-order valence-electron chi connectivity index (χ3n) is 8.41. The van der Waals surface area contributed by atoms with Gasteiger partial charge in [0.1, 0.15) is 11.6 Å². The fourth-order valence-electron chi connectivity index (χ4n) is 5.95. The van der Waals surface area contributed by atoms with E-state index < -0.39 is 21.4 Å². The Morgan fingerprint density at radius 2 is 1.83 bits per heavy atom. The predicted octanol–water partition coefficient (Wildman–Crippen LogP) is 6.09. The molecule has 1 N–H and O–H groups in total. The number of carboxylic acids is 1. The first kappa shape index (κ1) is 29.3. The number of carboxylic acid groups (broad SMARTS) is 1. The first-order chi connectivity index (χ1) is 19.5. The van der Waals surface area contributed by atoms with E-state index >= 15 is 0 Å². The molecule has 0 amide bonds. The van der Waals surface area contributed by atoms with E-state index in [4.69, 9.17) is 14.1 Å². The summed E-state index contributed by atoms with van der Waals surface area (Å²) in [6.45, 7) is 4.99. The number of hydrogen-bond acceptors (Lipinski definition) is 7. The van der Waals surface area contributed by atoms with Crippen LogP contribution in [-0.4, -0.2) is 56.3 Å². The number of ether oxygens (including phenoxy) is 1. The van der Waals surface area contributed by atoms with E-state index in [0.29, 0.717) is 67.8 Å². The van der Waals surface area contributed by atoms with Crippen molar-refractivity contribution in [2.45, 2.75) is 71.1 Å². The summed E-state index contributed by atoms with van der Waals surface area (Å²) in [4.78, 5) is 29.6. The van der Waals surface area contributed by atoms with Crippen LogP contribution in [0.25, 0.3) is 22.4 Å². The number of Topliss-reactive ketones (excluding diaryl/α,β-unsaturated/α-hetero) is 1. The van der Waals surface area contributed by atoms with Crippen molar-refractivity contribution in [1.29, 1.82) is 0 Å². The van der Waals surface area contributed by atoms with Gasteiger partial charge in [-0.3, -0.25) is 13.9 Å². The van der Waals surface area contributed by atoms with E-state index in [9.17, 15) is 23.1 Å². The number of ketones is 1. The minimum absolute atomic E-state index is 0.0369. The Balaban J connectivity index is 1.55. The minimum Gasteiger partial charge on any atom is -0.481 e. The van der Waals surface area contributed by atoms with Crippen molar-refractivity contribution in [2.75, 3.05) is 30.3 Å². The Labute approximate surface area is 240 Å². The lowest BCUT2D eigenvalue weighted by molar-refractivity contribution is -0.141. The van der Waals surface area contributed by atoms with Crippen molar-refractivity contribution in [3.63, 3.8) is 0 Å². The van der Waals surface area contributed by atoms with Crippen molar-refractivity contribution >= 4 is 38.7 Å². The fourth-order valence-corrected chi connectivity index (χ4v) is 6.87. The van der Waals surface area contributed by atoms with Gasteiger partial charge < -0.3 is 14.3 Å². The second-order valence-corrected chi connectivity index (χ2v) is 13.5. The molecule has 1 aliphatic heterocycles. The molecule has 1 saturated heterocycles. The molecule has 3 heterocycles. The third kappa shape index (κ3) is 6.33. The van der Waals surface area contributed by atoms with Crippen molar-refractivity contribution in [2.24, 2.45) is 5.41 Å². The van der Waals surface area contributed by atoms with E-state index in [1.54, 1.807) is 0 Å². The highest BCUT2D eigenvalue weighted by molar-refractivity contribution is 7.92. The van der Waals surface area contributed by atoms with Gasteiger partial charge in [-0.2, -0.15) is 4.98 Å². The van der Waals surface area contributed by atoms with Crippen LogP contribution in [0.3, 0.4) is 0 Å². The molecule has 1 aromatic carbocycles. The van der Waals surface area contributed by atoms with Gasteiger partial charge in [0, 0.05) is 31.7 Å². The molecule has 2 aromatic heterocycles. The monoisotopic (exact) mass is 582 g/mol. The van der Waals surface area contributed by atoms with E-state index in [1.807, 2.05) is 44.2 Å². The molecule has 9 nitrogen and oxygen atoms in total. The maximum Gasteiger partial charge on any atom is 0.303 e. The number of rotatable bonds is 12. The van der Waals surface area contributed by atoms with Crippen LogP contribution >= 0.6 is 0 Å². The molecule has 2 aliphatic rings. The second-order valence-electron chi connectivity index (χ2n) is 11.6. The summed E-state index contributed by atoms with van der Waals surface area (Å²) >= 11 is 0. The van der Waals surface area contributed by atoms with Gasteiger partial charge in [-0.25, -0.2) is 8.42 Å². The van der Waals surface area contributed by atoms with Crippen LogP contribution in [0.2, 0.25) is 0 Å². The van der Waals surface area contributed by atoms with Gasteiger partial charge in [0.2, 0.25) is 15.7 Å². The summed E-state index contributed by atoms with van der Waals surface area (Å²) in [5.41, 5.74) is 2.95. The molecule has 41 heavy (non-hydrogen) atoms. The zero-order chi connectivity index (χ0) is 29.4. The van der Waals surface area contributed by atoms with Crippen molar-refractivity contribution in [1.82, 2.24) is 4.98 Å². The summed E-state index contributed by atoms with van der Waals surface area (Å²) in [6.07, 6.45) is 5.67. The van der Waals surface area contributed by atoms with E-state index in [-0.39, 0.29) is 30.4 Å². The average molecular weight is 583 g/mol. The van der Waals surface area contributed by atoms with Gasteiger partial charge in [0.15, 0.2) is 5.78 Å². The van der Waals surface area contributed by atoms with Crippen LogP contribution in [0.4, 0.5) is 5.82 Å². The fraction of sp³-hybridized carbons (Fsp3) is 0.516. The quantitative estimate of drug-likeness (QED) is 0.254. The first-order valence-corrected chi connectivity index (χ1v) is 16.2. The molecule has 1 aliphatic carbocycles. The average Bonchev–Trinajstić information content (AvgIpc) is 3.70. The standard InChI is InChI=1S/C31H38N2O7S/c1-4-25(34)27-24-18-23(21-10-11-21)29(32-30(24)40-28(27)22-8-6-20(2)7-9-22)33(41(3,37)38)15-5-12-31(19-26(35)36)13-16-39-17-14-31/h6-9,18,21H,4-5,10-17,19H2,1-3H3,(H,35,36). The summed E-state index contributed by atoms with van der Waals surface area (Å²) in [6, 6.07) is 9.64. The molecule has 0 bridgehead atoms. The second kappa shape index (κ2) is 11.6. The number of hydrogen-bond donors (Lipinski definition) is 1. The van der Waals surface area contributed by atoms with E-state index in [0.717, 1.165) is 29.5 Å². The number of pyridine rings is 1. The number of aryl methyl sites for hydroxylation is 1. The van der Waals surface area contributed by atoms with Crippen LogP contribution in [-0.2, 0) is 19.6 Å². The lowest BCUT2D eigenvalue weighted by atomic mass is 9.74. The maximum absolute atomic E-state index is 13.2. The van der Waals surface area contributed by atoms with Crippen LogP contribution in [0, 0.1) is 12.3 Å². The van der Waals surface area contributed by atoms with Crippen molar-refractivity contribution in [3.05, 3.63) is 47.0 Å². The Bertz CT molecular complexity index is 1550. The topological polar surface area (TPSA) is 127 Å². The Morgan fingerprint density at radius 1 is 1.15 bits per heavy atom. The highest BCUT2D eigenvalue weighted by Crippen LogP contribution is 2.47. The molecular formula is C31H38N2O7S. The Kier molecular flexibility index (Phi) is 8.25. The molecule has 1 saturated carbocycles. The lowest BCUT2D eigenvalue weighted by Crippen LogP contribution is -2.36. The number of sulfonamides is 1. The number of fused-ring (bicyclic) bond motifs is 1. The number of carbonyl (C=O) groups excluding carboxylic acids is 1. The predicted molar refractivity (Wildman–Crippen MR) is 157 cm³/mol. The number of anilines is 1. The molecule has 3 aromatic rings. The number of carbonyl (C=O) groups is 2. The molecule has 220 valence electrons. The number of aliphatic carboxylic acids is 1. The molecule has 0 spiro atoms. The van der Waals surface area contributed by atoms with Gasteiger partial charge in [-0.15, -0.1) is 0 Å². The van der Waals surface area contributed by atoms with E-state index in [1.165, 1.54) is 10.6 Å². The zero-order valence-corrected chi connectivity index (χ0v) is 24.8. The molecule has 0 unspecified atom stereocenters. The third-order valence-corrected chi connectivity index (χ3v) is 9.56. The number of aromatic nitrogens is 1. The van der Waals surface area contributed by atoms with Crippen LogP contribution in [0.1, 0.15) is 85.7 Å². The minimum atomic E-state index is -3.72. The molecule has 10 heteroatoms. The Hall–Kier alpha value is -3.24. The lowest BCUT2D eigenvalue weighted by Gasteiger charge is -2.36. The highest BCUT2D eigenvalue weighted by atomic mass is 32.2. The normalized spacial score (nSPS) is 17.0. The van der Waals surface area contributed by atoms with Gasteiger partial charge >= 0.3 is 5.97 Å². The van der Waals surface area contributed by atoms with Crippen LogP contribution < -0.4 is 4.31 Å². The molecule has 0 atom stereocenters. The smallest absolute Gasteiger partial charge is 0.303 e. The molecule has 2 fully saturated rings. The largest absolute Gasteiger partial charge is 0.481 e. The van der Waals surface area contributed by atoms with Gasteiger partial charge in [-0.1, -0.05) is 36.8 Å². The number of nitrogens with zero attached hydrogens (tertiary/aromatic N) is 2. The molecule has 0 radical (unpaired) electrons. The summed E-state index contributed by atoms with van der Waals surface area (Å²) in [5, 5.41) is 10.1. The highest BCUT2D eigenvalue weighted by Gasteiger charge is 2.37. The van der Waals surface area contributed by atoms with Crippen LogP contribution in [0.15, 0.2) is 34.7 Å². The summed E-state index contributed by atoms with van der Waals surface area (Å²) < 4.78 is 39.4. The van der Waals surface area contributed by atoms with Gasteiger partial charge in [0.05, 0.1) is 23.6 Å². The molecular weight excluding hydrogens is 544 g/mol. The van der Waals surface area contributed by atoms with Gasteiger partial charge in [-0.05, 0) is 68.4 Å². The number of benzene rings is 1. The van der Waals surface area contributed by atoms with Crippen LogP contribution in [0.5, 0.6) is 0 Å². The maximum atomic E-state index is 13.2. The summed E-state index contributed by atoms with van der Waals surface area (Å²) in [5.74, 6) is 0.0217. The van der Waals surface area contributed by atoms with Crippen molar-refractivity contribution in [3.8, 4) is 11.3 Å². The summed E-state index contributed by atoms with van der Waals surface area (Å²) in [7, 11) is -3.72. The van der Waals surface area contributed by atoms with Crippen molar-refractivity contribution < 1.29 is 32.3 Å². The Morgan fingerprint density at radius 3 is 2.41 bits per heavy atom. The van der Waals surface area contributed by atoms with E-state index in [2.05, 4.69) is 0 Å². The molecule has 5 rings (SSSR count). The SMILES string of the molecule is CCC(=O)c1c(-c2ccc(C)cc2)oc2nc(N(CCCC3(CC(=O)O)CCOCC3)S(C)(=O)=O)c(C3CC3)cc12.